The van der Waals surface area contributed by atoms with Crippen LogP contribution in [0.3, 0.4) is 0 Å². The van der Waals surface area contributed by atoms with Crippen LogP contribution in [0.4, 0.5) is 5.95 Å². The molecule has 0 bridgehead atoms. The van der Waals surface area contributed by atoms with E-state index in [1.165, 1.54) is 0 Å². The Bertz CT molecular complexity index is 1100. The zero-order chi connectivity index (χ0) is 25.2. The summed E-state index contributed by atoms with van der Waals surface area (Å²) in [5.41, 5.74) is 8.06. The molecule has 0 atom stereocenters. The summed E-state index contributed by atoms with van der Waals surface area (Å²) in [7, 11) is 0. The molecule has 0 spiro atoms. The summed E-state index contributed by atoms with van der Waals surface area (Å²) in [6, 6.07) is 5.85. The van der Waals surface area contributed by atoms with Gasteiger partial charge in [0.25, 0.3) is 5.91 Å². The molecule has 2 aliphatic heterocycles. The van der Waals surface area contributed by atoms with Gasteiger partial charge in [0, 0.05) is 55.6 Å². The summed E-state index contributed by atoms with van der Waals surface area (Å²) in [4.78, 5) is 38.4. The smallest absolute Gasteiger partial charge is 0.254 e. The molecule has 3 N–H and O–H groups in total. The molecule has 0 unspecified atom stereocenters. The maximum Gasteiger partial charge on any atom is 0.254 e. The van der Waals surface area contributed by atoms with E-state index in [-0.39, 0.29) is 29.9 Å². The van der Waals surface area contributed by atoms with Crippen molar-refractivity contribution >= 4 is 29.4 Å². The van der Waals surface area contributed by atoms with Gasteiger partial charge >= 0.3 is 0 Å². The van der Waals surface area contributed by atoms with Crippen molar-refractivity contribution in [2.24, 2.45) is 5.73 Å². The van der Waals surface area contributed by atoms with E-state index in [2.05, 4.69) is 15.3 Å². The first-order valence-corrected chi connectivity index (χ1v) is 12.3. The number of aromatic nitrogens is 2. The summed E-state index contributed by atoms with van der Waals surface area (Å²) in [6.45, 7) is 8.51. The first-order chi connectivity index (χ1) is 16.7. The number of hydrogen-bond donors (Lipinski definition) is 2. The molecular formula is C25H33ClN6O3. The van der Waals surface area contributed by atoms with Gasteiger partial charge in [0.1, 0.15) is 6.54 Å². The average Bonchev–Trinajstić information content (AvgIpc) is 3.13. The van der Waals surface area contributed by atoms with Crippen molar-refractivity contribution in [3.63, 3.8) is 0 Å². The van der Waals surface area contributed by atoms with E-state index in [0.717, 1.165) is 24.0 Å². The zero-order valence-corrected chi connectivity index (χ0v) is 21.3. The maximum atomic E-state index is 13.2. The lowest BCUT2D eigenvalue weighted by Gasteiger charge is -2.36. The van der Waals surface area contributed by atoms with E-state index >= 15 is 0 Å². The molecule has 2 amide bonds. The lowest BCUT2D eigenvalue weighted by Crippen LogP contribution is -2.51. The normalized spacial score (nSPS) is 16.4. The molecule has 0 radical (unpaired) electrons. The van der Waals surface area contributed by atoms with Crippen LogP contribution in [0.5, 0.6) is 0 Å². The van der Waals surface area contributed by atoms with E-state index in [4.69, 9.17) is 22.1 Å². The van der Waals surface area contributed by atoms with Gasteiger partial charge in [0.05, 0.1) is 16.9 Å². The van der Waals surface area contributed by atoms with Gasteiger partial charge in [-0.15, -0.1) is 0 Å². The zero-order valence-electron chi connectivity index (χ0n) is 20.5. The number of nitrogens with zero attached hydrogens (tertiary/aromatic N) is 4. The van der Waals surface area contributed by atoms with Gasteiger partial charge in [-0.1, -0.05) is 23.7 Å². The monoisotopic (exact) mass is 500 g/mol. The molecule has 0 aliphatic carbocycles. The Balaban J connectivity index is 1.52. The lowest BCUT2D eigenvalue weighted by atomic mass is 10.0. The molecule has 9 nitrogen and oxygen atoms in total. The van der Waals surface area contributed by atoms with Crippen LogP contribution in [-0.4, -0.2) is 76.0 Å². The number of fused-ring (bicyclic) bond motifs is 1. The second-order valence-corrected chi connectivity index (χ2v) is 10.4. The Morgan fingerprint density at radius 2 is 2.06 bits per heavy atom. The first-order valence-electron chi connectivity index (χ1n) is 12.0. The molecule has 3 heterocycles. The minimum absolute atomic E-state index is 0.00749. The number of amides is 2. The molecule has 35 heavy (non-hydrogen) atoms. The number of hydrogen-bond acceptors (Lipinski definition) is 7. The number of carbonyl (C=O) groups excluding carboxylic acids is 2. The third kappa shape index (κ3) is 5.74. The molecule has 2 aromatic rings. The minimum Gasteiger partial charge on any atom is -0.381 e. The van der Waals surface area contributed by atoms with Crippen LogP contribution in [0.1, 0.15) is 49.5 Å². The molecule has 1 aromatic heterocycles. The van der Waals surface area contributed by atoms with Crippen molar-refractivity contribution < 1.29 is 14.3 Å². The first kappa shape index (κ1) is 25.3. The van der Waals surface area contributed by atoms with E-state index in [9.17, 15) is 9.59 Å². The van der Waals surface area contributed by atoms with E-state index in [1.54, 1.807) is 22.1 Å². The largest absolute Gasteiger partial charge is 0.381 e. The van der Waals surface area contributed by atoms with Gasteiger partial charge in [-0.2, -0.15) is 0 Å². The fraction of sp³-hybridized carbons (Fsp3) is 0.520. The van der Waals surface area contributed by atoms with E-state index in [0.29, 0.717) is 55.1 Å². The summed E-state index contributed by atoms with van der Waals surface area (Å²) < 4.78 is 5.41. The third-order valence-corrected chi connectivity index (χ3v) is 6.63. The highest BCUT2D eigenvalue weighted by molar-refractivity contribution is 6.33. The second kappa shape index (κ2) is 10.5. The van der Waals surface area contributed by atoms with Crippen molar-refractivity contribution in [1.29, 1.82) is 0 Å². The van der Waals surface area contributed by atoms with Crippen molar-refractivity contribution in [2.75, 3.05) is 38.2 Å². The van der Waals surface area contributed by atoms with Gasteiger partial charge in [0.15, 0.2) is 0 Å². The molecular weight excluding hydrogens is 468 g/mol. The predicted octanol–water partition coefficient (Wildman–Crippen LogP) is 2.93. The van der Waals surface area contributed by atoms with E-state index < -0.39 is 0 Å². The van der Waals surface area contributed by atoms with Gasteiger partial charge < -0.3 is 25.6 Å². The van der Waals surface area contributed by atoms with Gasteiger partial charge in [-0.05, 0) is 45.2 Å². The standard InChI is InChI=1S/C25H33ClN6O3/c1-25(2,3)32(9-8-27)21(33)15-31-14-17-5-4-16(12-19(17)23(31)34)22-20(26)13-28-24(30-22)29-18-6-10-35-11-7-18/h4-5,12-13,18H,6-11,14-15,27H2,1-3H3,(H,28,29,30). The SMILES string of the molecule is CC(C)(C)N(CCN)C(=O)CN1Cc2ccc(-c3nc(NC4CCOCC4)ncc3Cl)cc2C1=O. The second-order valence-electron chi connectivity index (χ2n) is 9.96. The highest BCUT2D eigenvalue weighted by atomic mass is 35.5. The lowest BCUT2D eigenvalue weighted by molar-refractivity contribution is -0.136. The van der Waals surface area contributed by atoms with Gasteiger partial charge in [-0.25, -0.2) is 9.97 Å². The van der Waals surface area contributed by atoms with Crippen LogP contribution in [0.15, 0.2) is 24.4 Å². The van der Waals surface area contributed by atoms with Crippen LogP contribution >= 0.6 is 11.6 Å². The number of halogens is 1. The van der Waals surface area contributed by atoms with Crippen LogP contribution < -0.4 is 11.1 Å². The minimum atomic E-state index is -0.376. The number of anilines is 1. The molecule has 4 rings (SSSR count). The highest BCUT2D eigenvalue weighted by Crippen LogP contribution is 2.32. The summed E-state index contributed by atoms with van der Waals surface area (Å²) in [6.07, 6.45) is 3.35. The molecule has 1 fully saturated rings. The van der Waals surface area contributed by atoms with Crippen LogP contribution in [0.2, 0.25) is 5.02 Å². The molecule has 2 aliphatic rings. The number of nitrogens with two attached hydrogens (primary N) is 1. The fourth-order valence-corrected chi connectivity index (χ4v) is 4.71. The van der Waals surface area contributed by atoms with Gasteiger partial charge in [0.2, 0.25) is 11.9 Å². The van der Waals surface area contributed by atoms with Crippen molar-refractivity contribution in [2.45, 2.75) is 51.7 Å². The summed E-state index contributed by atoms with van der Waals surface area (Å²) in [5.74, 6) is 0.201. The Kier molecular flexibility index (Phi) is 7.59. The molecule has 1 aromatic carbocycles. The van der Waals surface area contributed by atoms with Crippen LogP contribution in [0.25, 0.3) is 11.3 Å². The molecule has 188 valence electrons. The topological polar surface area (TPSA) is 114 Å². The highest BCUT2D eigenvalue weighted by Gasteiger charge is 2.33. The van der Waals surface area contributed by atoms with Crippen molar-refractivity contribution in [3.8, 4) is 11.3 Å². The molecule has 10 heteroatoms. The number of rotatable bonds is 7. The Hall–Kier alpha value is -2.75. The average molecular weight is 501 g/mol. The van der Waals surface area contributed by atoms with Gasteiger partial charge in [-0.3, -0.25) is 9.59 Å². The fourth-order valence-electron chi connectivity index (χ4n) is 4.51. The Morgan fingerprint density at radius 3 is 2.74 bits per heavy atom. The predicted molar refractivity (Wildman–Crippen MR) is 135 cm³/mol. The van der Waals surface area contributed by atoms with Crippen molar-refractivity contribution in [3.05, 3.63) is 40.5 Å². The number of carbonyl (C=O) groups is 2. The van der Waals surface area contributed by atoms with Crippen LogP contribution in [-0.2, 0) is 16.1 Å². The molecule has 1 saturated heterocycles. The molecule has 0 saturated carbocycles. The Labute approximate surface area is 211 Å². The van der Waals surface area contributed by atoms with E-state index in [1.807, 2.05) is 32.9 Å². The summed E-state index contributed by atoms with van der Waals surface area (Å²) in [5, 5.41) is 3.76. The quantitative estimate of drug-likeness (QED) is 0.600. The maximum absolute atomic E-state index is 13.2. The number of benzene rings is 1. The Morgan fingerprint density at radius 1 is 1.31 bits per heavy atom. The number of nitrogens with one attached hydrogen (secondary N) is 1. The number of ether oxygens (including phenoxy) is 1. The van der Waals surface area contributed by atoms with Crippen molar-refractivity contribution in [1.82, 2.24) is 19.8 Å². The van der Waals surface area contributed by atoms with Crippen LogP contribution in [0, 0.1) is 0 Å². The third-order valence-electron chi connectivity index (χ3n) is 6.35. The summed E-state index contributed by atoms with van der Waals surface area (Å²) >= 11 is 6.44.